The molecule has 1 fully saturated rings. The lowest BCUT2D eigenvalue weighted by molar-refractivity contribution is -0.279. The van der Waals surface area contributed by atoms with Gasteiger partial charge in [0.25, 0.3) is 0 Å². The van der Waals surface area contributed by atoms with Gasteiger partial charge in [-0.15, -0.1) is 0 Å². The van der Waals surface area contributed by atoms with E-state index in [0.717, 1.165) is 24.8 Å². The number of nitrogens with two attached hydrogens (primary N) is 1. The van der Waals surface area contributed by atoms with Gasteiger partial charge in [0.1, 0.15) is 42.5 Å². The van der Waals surface area contributed by atoms with Crippen LogP contribution in [0.25, 0.3) is 10.4 Å². The van der Waals surface area contributed by atoms with Crippen molar-refractivity contribution < 1.29 is 48.3 Å². The third kappa shape index (κ3) is 17.6. The fourth-order valence-corrected chi connectivity index (χ4v) is 6.02. The summed E-state index contributed by atoms with van der Waals surface area (Å²) in [6.45, 7) is 4.68. The molecule has 16 nitrogen and oxygen atoms in total. The van der Waals surface area contributed by atoms with Crippen LogP contribution >= 0.6 is 0 Å². The van der Waals surface area contributed by atoms with Crippen molar-refractivity contribution in [2.75, 3.05) is 13.2 Å². The fraction of sp³-hybridized carbons (Fsp3) is 0.737. The van der Waals surface area contributed by atoms with Crippen LogP contribution in [0.5, 0.6) is 0 Å². The number of carbonyl (C=O) groups excluding carboxylic acids is 4. The van der Waals surface area contributed by atoms with Gasteiger partial charge in [-0.1, -0.05) is 113 Å². The normalized spacial score (nSPS) is 21.2. The Bertz CT molecular complexity index is 1300. The Morgan fingerprint density at radius 1 is 0.944 bits per heavy atom. The Kier molecular flexibility index (Phi) is 23.1. The SMILES string of the molecule is CCCCCCCCCCCCCCOC(=O)CC[C@@H](NC(=O)[C@H](C)NC(=O)[C@@H](C)O[C@@H]1C(N=[N+]=[N-])[C@@H](OCc2ccccc2)O[C@H](CO)[C@H]1O)C(N)=O. The second kappa shape index (κ2) is 26.9. The molecule has 54 heavy (non-hydrogen) atoms. The van der Waals surface area contributed by atoms with Gasteiger partial charge in [0, 0.05) is 11.3 Å². The van der Waals surface area contributed by atoms with Crippen LogP contribution in [0.1, 0.15) is 116 Å². The average Bonchev–Trinajstić information content (AvgIpc) is 3.16. The van der Waals surface area contributed by atoms with Gasteiger partial charge in [0.05, 0.1) is 19.8 Å². The van der Waals surface area contributed by atoms with E-state index in [1.807, 2.05) is 30.3 Å². The summed E-state index contributed by atoms with van der Waals surface area (Å²) in [5.41, 5.74) is 15.5. The maximum absolute atomic E-state index is 13.1. The van der Waals surface area contributed by atoms with Gasteiger partial charge in [-0.25, -0.2) is 0 Å². The summed E-state index contributed by atoms with van der Waals surface area (Å²) in [7, 11) is 0. The van der Waals surface area contributed by atoms with Crippen molar-refractivity contribution in [1.29, 1.82) is 0 Å². The summed E-state index contributed by atoms with van der Waals surface area (Å²) >= 11 is 0. The van der Waals surface area contributed by atoms with Crippen LogP contribution in [0, 0.1) is 0 Å². The molecule has 1 aliphatic rings. The molecule has 2 rings (SSSR count). The van der Waals surface area contributed by atoms with E-state index in [-0.39, 0.29) is 26.1 Å². The van der Waals surface area contributed by atoms with Gasteiger partial charge >= 0.3 is 5.97 Å². The third-order valence-corrected chi connectivity index (χ3v) is 9.30. The molecule has 1 saturated heterocycles. The molecule has 1 aromatic carbocycles. The van der Waals surface area contributed by atoms with Crippen LogP contribution in [0.3, 0.4) is 0 Å². The van der Waals surface area contributed by atoms with Gasteiger partial charge in [-0.2, -0.15) is 0 Å². The van der Waals surface area contributed by atoms with Crippen molar-refractivity contribution in [1.82, 2.24) is 10.6 Å². The summed E-state index contributed by atoms with van der Waals surface area (Å²) in [5.74, 6) is -2.86. The zero-order valence-electron chi connectivity index (χ0n) is 32.1. The molecule has 16 heteroatoms. The highest BCUT2D eigenvalue weighted by atomic mass is 16.7. The third-order valence-electron chi connectivity index (χ3n) is 9.30. The number of primary amides is 1. The van der Waals surface area contributed by atoms with Gasteiger partial charge in [-0.3, -0.25) is 19.2 Å². The molecular formula is C38H62N6O10. The number of nitrogens with zero attached hydrogens (tertiary/aromatic N) is 3. The van der Waals surface area contributed by atoms with Gasteiger partial charge < -0.3 is 45.5 Å². The van der Waals surface area contributed by atoms with Crippen LogP contribution in [0.15, 0.2) is 35.4 Å². The molecule has 0 bridgehead atoms. The van der Waals surface area contributed by atoms with E-state index < -0.39 is 79.1 Å². The van der Waals surface area contributed by atoms with E-state index in [4.69, 9.17) is 24.7 Å². The molecule has 1 heterocycles. The molecule has 0 spiro atoms. The second-order valence-corrected chi connectivity index (χ2v) is 13.8. The number of carbonyl (C=O) groups is 4. The number of aliphatic hydroxyl groups excluding tert-OH is 2. The van der Waals surface area contributed by atoms with Crippen LogP contribution in [0.4, 0.5) is 0 Å². The first kappa shape index (κ1) is 46.4. The number of hydrogen-bond donors (Lipinski definition) is 5. The Morgan fingerprint density at radius 2 is 1.56 bits per heavy atom. The first-order chi connectivity index (χ1) is 26.0. The molecule has 3 amide bonds. The lowest BCUT2D eigenvalue weighted by Gasteiger charge is -2.43. The Balaban J connectivity index is 1.78. The number of azide groups is 1. The largest absolute Gasteiger partial charge is 0.466 e. The van der Waals surface area contributed by atoms with E-state index in [1.165, 1.54) is 71.6 Å². The Labute approximate surface area is 318 Å². The van der Waals surface area contributed by atoms with Crippen molar-refractivity contribution in [3.8, 4) is 0 Å². The Morgan fingerprint density at radius 3 is 2.13 bits per heavy atom. The number of amides is 3. The van der Waals surface area contributed by atoms with E-state index >= 15 is 0 Å². The lowest BCUT2D eigenvalue weighted by atomic mass is 9.97. The predicted octanol–water partition coefficient (Wildman–Crippen LogP) is 4.23. The van der Waals surface area contributed by atoms with E-state index in [0.29, 0.717) is 0 Å². The number of rotatable bonds is 28. The standard InChI is InChI=1S/C38H62N6O10/c1-4-5-6-7-8-9-10-11-12-13-14-18-23-51-31(46)22-21-29(35(39)48)42-36(49)26(2)41-37(50)27(3)53-34-32(43-44-40)38(54-30(24-45)33(34)47)52-25-28-19-16-15-17-20-28/h15-17,19-20,26-27,29-30,32-34,38,45,47H,4-14,18,21-25H2,1-3H3,(H2,39,48)(H,41,50)(H,42,49)/t26-,27+,29+,30+,32?,33+,34+,38-/m0/s1. The summed E-state index contributed by atoms with van der Waals surface area (Å²) < 4.78 is 22.6. The Hall–Kier alpha value is -3.79. The minimum absolute atomic E-state index is 0.0551. The van der Waals surface area contributed by atoms with Crippen molar-refractivity contribution >= 4 is 23.7 Å². The highest BCUT2D eigenvalue weighted by Gasteiger charge is 2.47. The lowest BCUT2D eigenvalue weighted by Crippen LogP contribution is -2.61. The van der Waals surface area contributed by atoms with Gasteiger partial charge in [-0.05, 0) is 37.8 Å². The minimum atomic E-state index is -1.51. The number of benzene rings is 1. The zero-order valence-corrected chi connectivity index (χ0v) is 32.1. The first-order valence-corrected chi connectivity index (χ1v) is 19.4. The number of ether oxygens (including phenoxy) is 4. The van der Waals surface area contributed by atoms with Gasteiger partial charge in [0.15, 0.2) is 6.29 Å². The smallest absolute Gasteiger partial charge is 0.305 e. The number of hydrogen-bond acceptors (Lipinski definition) is 11. The number of nitrogens with one attached hydrogen (secondary N) is 2. The number of unbranched alkanes of at least 4 members (excludes halogenated alkanes) is 11. The first-order valence-electron chi connectivity index (χ1n) is 19.4. The summed E-state index contributed by atoms with van der Waals surface area (Å²) in [4.78, 5) is 53.2. The molecule has 0 radical (unpaired) electrons. The summed E-state index contributed by atoms with van der Waals surface area (Å²) in [6, 6.07) is 5.47. The average molecular weight is 763 g/mol. The molecule has 304 valence electrons. The summed E-state index contributed by atoms with van der Waals surface area (Å²) in [5, 5.41) is 29.4. The predicted molar refractivity (Wildman–Crippen MR) is 200 cm³/mol. The minimum Gasteiger partial charge on any atom is -0.466 e. The highest BCUT2D eigenvalue weighted by molar-refractivity contribution is 5.92. The molecule has 0 saturated carbocycles. The van der Waals surface area contributed by atoms with Gasteiger partial charge in [0.2, 0.25) is 17.7 Å². The zero-order chi connectivity index (χ0) is 39.7. The van der Waals surface area contributed by atoms with Crippen molar-refractivity contribution in [3.63, 3.8) is 0 Å². The van der Waals surface area contributed by atoms with E-state index in [1.54, 1.807) is 0 Å². The molecule has 0 aliphatic carbocycles. The number of aliphatic hydroxyl groups is 2. The van der Waals surface area contributed by atoms with Crippen LogP contribution in [-0.4, -0.2) is 95.9 Å². The second-order valence-electron chi connectivity index (χ2n) is 13.8. The molecule has 0 aromatic heterocycles. The topological polar surface area (TPSA) is 244 Å². The molecule has 6 N–H and O–H groups in total. The monoisotopic (exact) mass is 762 g/mol. The quantitative estimate of drug-likeness (QED) is 0.0267. The van der Waals surface area contributed by atoms with Crippen molar-refractivity contribution in [2.45, 2.75) is 166 Å². The molecule has 1 aliphatic heterocycles. The van der Waals surface area contributed by atoms with Crippen LogP contribution < -0.4 is 16.4 Å². The van der Waals surface area contributed by atoms with E-state index in [2.05, 4.69) is 27.6 Å². The van der Waals surface area contributed by atoms with Crippen LogP contribution in [0.2, 0.25) is 0 Å². The number of esters is 1. The van der Waals surface area contributed by atoms with E-state index in [9.17, 15) is 34.9 Å². The maximum atomic E-state index is 13.1. The van der Waals surface area contributed by atoms with Crippen molar-refractivity contribution in [2.24, 2.45) is 10.8 Å². The van der Waals surface area contributed by atoms with Crippen LogP contribution in [-0.2, 0) is 44.7 Å². The maximum Gasteiger partial charge on any atom is 0.305 e. The molecule has 8 atom stereocenters. The highest BCUT2D eigenvalue weighted by Crippen LogP contribution is 2.28. The summed E-state index contributed by atoms with van der Waals surface area (Å²) in [6.07, 6.45) is 7.54. The van der Waals surface area contributed by atoms with Crippen molar-refractivity contribution in [3.05, 3.63) is 46.3 Å². The molecule has 1 unspecified atom stereocenters. The fourth-order valence-electron chi connectivity index (χ4n) is 6.02. The molecular weight excluding hydrogens is 700 g/mol. The molecule has 1 aromatic rings.